The van der Waals surface area contributed by atoms with E-state index in [0.29, 0.717) is 23.5 Å². The number of carbonyl (C=O) groups excluding carboxylic acids is 2. The lowest BCUT2D eigenvalue weighted by Crippen LogP contribution is -2.31. The van der Waals surface area contributed by atoms with E-state index in [9.17, 15) is 9.59 Å². The molecule has 6 heteroatoms. The number of ether oxygens (including phenoxy) is 2. The Hall–Kier alpha value is -2.86. The number of aryl methyl sites for hydroxylation is 1. The van der Waals surface area contributed by atoms with Gasteiger partial charge in [-0.2, -0.15) is 0 Å². The van der Waals surface area contributed by atoms with Crippen LogP contribution in [0.2, 0.25) is 0 Å². The number of amides is 2. The van der Waals surface area contributed by atoms with Crippen LogP contribution in [0.4, 0.5) is 5.69 Å². The number of hydrogen-bond donors (Lipinski definition) is 2. The van der Waals surface area contributed by atoms with Gasteiger partial charge in [0.05, 0.1) is 6.10 Å². The second-order valence-electron chi connectivity index (χ2n) is 6.58. The van der Waals surface area contributed by atoms with E-state index in [1.54, 1.807) is 24.3 Å². The lowest BCUT2D eigenvalue weighted by molar-refractivity contribution is -0.118. The molecule has 2 aromatic carbocycles. The zero-order valence-electron chi connectivity index (χ0n) is 15.4. The Morgan fingerprint density at radius 1 is 1.19 bits per heavy atom. The summed E-state index contributed by atoms with van der Waals surface area (Å²) in [6.07, 6.45) is 2.10. The van der Waals surface area contributed by atoms with Gasteiger partial charge in [0, 0.05) is 24.4 Å². The third-order valence-electron chi connectivity index (χ3n) is 4.31. The summed E-state index contributed by atoms with van der Waals surface area (Å²) in [6.45, 7) is 3.14. The third-order valence-corrected chi connectivity index (χ3v) is 4.31. The van der Waals surface area contributed by atoms with Crippen molar-refractivity contribution in [3.63, 3.8) is 0 Å². The van der Waals surface area contributed by atoms with Gasteiger partial charge in [0.2, 0.25) is 0 Å². The molecule has 2 aromatic rings. The Morgan fingerprint density at radius 3 is 2.74 bits per heavy atom. The van der Waals surface area contributed by atoms with E-state index >= 15 is 0 Å². The van der Waals surface area contributed by atoms with Crippen LogP contribution in [0.1, 0.15) is 28.8 Å². The molecule has 1 unspecified atom stereocenters. The molecule has 0 radical (unpaired) electrons. The Labute approximate surface area is 158 Å². The van der Waals surface area contributed by atoms with E-state index in [2.05, 4.69) is 10.6 Å². The molecule has 2 amide bonds. The van der Waals surface area contributed by atoms with Crippen LogP contribution < -0.4 is 15.4 Å². The molecule has 1 atom stereocenters. The van der Waals surface area contributed by atoms with Gasteiger partial charge >= 0.3 is 0 Å². The zero-order valence-corrected chi connectivity index (χ0v) is 15.4. The molecule has 0 aromatic heterocycles. The highest BCUT2D eigenvalue weighted by Crippen LogP contribution is 2.14. The maximum Gasteiger partial charge on any atom is 0.262 e. The molecule has 142 valence electrons. The first-order valence-corrected chi connectivity index (χ1v) is 9.09. The van der Waals surface area contributed by atoms with Crippen LogP contribution in [0, 0.1) is 6.92 Å². The molecule has 1 aliphatic rings. The highest BCUT2D eigenvalue weighted by molar-refractivity contribution is 5.97. The predicted molar refractivity (Wildman–Crippen MR) is 103 cm³/mol. The fourth-order valence-electron chi connectivity index (χ4n) is 2.83. The largest absolute Gasteiger partial charge is 0.484 e. The molecular weight excluding hydrogens is 344 g/mol. The second-order valence-corrected chi connectivity index (χ2v) is 6.58. The molecule has 0 aliphatic carbocycles. The molecule has 27 heavy (non-hydrogen) atoms. The first-order valence-electron chi connectivity index (χ1n) is 9.09. The van der Waals surface area contributed by atoms with Gasteiger partial charge in [-0.3, -0.25) is 9.59 Å². The van der Waals surface area contributed by atoms with Crippen molar-refractivity contribution in [1.82, 2.24) is 5.32 Å². The van der Waals surface area contributed by atoms with Crippen molar-refractivity contribution in [1.29, 1.82) is 0 Å². The maximum absolute atomic E-state index is 12.3. The molecule has 2 N–H and O–H groups in total. The van der Waals surface area contributed by atoms with Gasteiger partial charge in [-0.1, -0.05) is 23.8 Å². The zero-order chi connectivity index (χ0) is 19.1. The molecule has 1 heterocycles. The van der Waals surface area contributed by atoms with Crippen molar-refractivity contribution >= 4 is 17.5 Å². The summed E-state index contributed by atoms with van der Waals surface area (Å²) in [4.78, 5) is 24.4. The van der Waals surface area contributed by atoms with E-state index in [0.717, 1.165) is 25.0 Å². The van der Waals surface area contributed by atoms with Gasteiger partial charge in [-0.15, -0.1) is 0 Å². The van der Waals surface area contributed by atoms with E-state index in [-0.39, 0.29) is 24.5 Å². The molecule has 0 spiro atoms. The van der Waals surface area contributed by atoms with E-state index in [4.69, 9.17) is 9.47 Å². The lowest BCUT2D eigenvalue weighted by atomic mass is 10.1. The van der Waals surface area contributed by atoms with Crippen molar-refractivity contribution in [3.8, 4) is 5.75 Å². The number of rotatable bonds is 7. The highest BCUT2D eigenvalue weighted by Gasteiger charge is 2.17. The van der Waals surface area contributed by atoms with Gasteiger partial charge in [0.25, 0.3) is 11.8 Å². The normalized spacial score (nSPS) is 16.0. The summed E-state index contributed by atoms with van der Waals surface area (Å²) in [7, 11) is 0. The third kappa shape index (κ3) is 5.82. The average Bonchev–Trinajstić information content (AvgIpc) is 3.19. The SMILES string of the molecule is Cc1ccc(OCC(=O)Nc2cccc(C(=O)NCC3CCCO3)c2)cc1. The van der Waals surface area contributed by atoms with Gasteiger partial charge in [-0.25, -0.2) is 0 Å². The summed E-state index contributed by atoms with van der Waals surface area (Å²) in [6, 6.07) is 14.3. The van der Waals surface area contributed by atoms with Crippen molar-refractivity contribution in [2.24, 2.45) is 0 Å². The number of nitrogens with one attached hydrogen (secondary N) is 2. The van der Waals surface area contributed by atoms with Gasteiger partial charge in [-0.05, 0) is 50.1 Å². The molecule has 0 saturated carbocycles. The molecule has 1 aliphatic heterocycles. The summed E-state index contributed by atoms with van der Waals surface area (Å²) < 4.78 is 11.0. The minimum Gasteiger partial charge on any atom is -0.484 e. The first-order chi connectivity index (χ1) is 13.1. The Kier molecular flexibility index (Phi) is 6.44. The van der Waals surface area contributed by atoms with Gasteiger partial charge < -0.3 is 20.1 Å². The van der Waals surface area contributed by atoms with Crippen molar-refractivity contribution < 1.29 is 19.1 Å². The van der Waals surface area contributed by atoms with Gasteiger partial charge in [0.15, 0.2) is 6.61 Å². The van der Waals surface area contributed by atoms with Crippen LogP contribution in [0.3, 0.4) is 0 Å². The Balaban J connectivity index is 1.49. The summed E-state index contributed by atoms with van der Waals surface area (Å²) >= 11 is 0. The standard InChI is InChI=1S/C21H24N2O4/c1-15-7-9-18(10-8-15)27-14-20(24)23-17-5-2-4-16(12-17)21(25)22-13-19-6-3-11-26-19/h2,4-5,7-10,12,19H,3,6,11,13-14H2,1H3,(H,22,25)(H,23,24). The smallest absolute Gasteiger partial charge is 0.262 e. The molecule has 1 fully saturated rings. The fourth-order valence-corrected chi connectivity index (χ4v) is 2.83. The number of benzene rings is 2. The minimum absolute atomic E-state index is 0.0933. The molecular formula is C21H24N2O4. The second kappa shape index (κ2) is 9.19. The number of carbonyl (C=O) groups is 2. The highest BCUT2D eigenvalue weighted by atomic mass is 16.5. The summed E-state index contributed by atoms with van der Waals surface area (Å²) in [5.74, 6) is 0.169. The maximum atomic E-state index is 12.3. The lowest BCUT2D eigenvalue weighted by Gasteiger charge is -2.12. The molecule has 6 nitrogen and oxygen atoms in total. The summed E-state index contributed by atoms with van der Waals surface area (Å²) in [5.41, 5.74) is 2.17. The number of hydrogen-bond acceptors (Lipinski definition) is 4. The molecule has 3 rings (SSSR count). The quantitative estimate of drug-likeness (QED) is 0.788. The van der Waals surface area contributed by atoms with Gasteiger partial charge in [0.1, 0.15) is 5.75 Å². The number of anilines is 1. The first kappa shape index (κ1) is 18.9. The van der Waals surface area contributed by atoms with Crippen LogP contribution in [0.25, 0.3) is 0 Å². The van der Waals surface area contributed by atoms with E-state index < -0.39 is 0 Å². The summed E-state index contributed by atoms with van der Waals surface area (Å²) in [5, 5.41) is 5.62. The average molecular weight is 368 g/mol. The van der Waals surface area contributed by atoms with Crippen LogP contribution in [0.5, 0.6) is 5.75 Å². The van der Waals surface area contributed by atoms with Crippen LogP contribution in [-0.2, 0) is 9.53 Å². The molecule has 0 bridgehead atoms. The monoisotopic (exact) mass is 368 g/mol. The Bertz CT molecular complexity index is 783. The van der Waals surface area contributed by atoms with E-state index in [1.807, 2.05) is 31.2 Å². The van der Waals surface area contributed by atoms with Crippen molar-refractivity contribution in [2.45, 2.75) is 25.9 Å². The topological polar surface area (TPSA) is 76.7 Å². The van der Waals surface area contributed by atoms with E-state index in [1.165, 1.54) is 0 Å². The van der Waals surface area contributed by atoms with Crippen molar-refractivity contribution in [3.05, 3.63) is 59.7 Å². The fraction of sp³-hybridized carbons (Fsp3) is 0.333. The van der Waals surface area contributed by atoms with Crippen LogP contribution >= 0.6 is 0 Å². The molecule has 1 saturated heterocycles. The van der Waals surface area contributed by atoms with Crippen LogP contribution in [-0.4, -0.2) is 37.7 Å². The van der Waals surface area contributed by atoms with Crippen molar-refractivity contribution in [2.75, 3.05) is 25.1 Å². The van der Waals surface area contributed by atoms with Crippen LogP contribution in [0.15, 0.2) is 48.5 Å². The predicted octanol–water partition coefficient (Wildman–Crippen LogP) is 2.92. The Morgan fingerprint density at radius 2 is 2.00 bits per heavy atom. The minimum atomic E-state index is -0.285.